The Kier molecular flexibility index (Phi) is 6.22. The lowest BCUT2D eigenvalue weighted by atomic mass is 9.88. The van der Waals surface area contributed by atoms with E-state index in [-0.39, 0.29) is 13.0 Å². The molecule has 0 aromatic heterocycles. The summed E-state index contributed by atoms with van der Waals surface area (Å²) in [7, 11) is 0. The van der Waals surface area contributed by atoms with Crippen LogP contribution in [-0.2, 0) is 9.54 Å². The van der Waals surface area contributed by atoms with Crippen molar-refractivity contribution in [3.05, 3.63) is 60.2 Å². The Balaban J connectivity index is 1.99. The van der Waals surface area contributed by atoms with Crippen LogP contribution in [0.1, 0.15) is 38.7 Å². The molecule has 1 fully saturated rings. The summed E-state index contributed by atoms with van der Waals surface area (Å²) >= 11 is 1.68. The van der Waals surface area contributed by atoms with E-state index in [4.69, 9.17) is 0 Å². The van der Waals surface area contributed by atoms with Crippen LogP contribution in [0.15, 0.2) is 54.6 Å². The molecule has 0 saturated carbocycles. The Labute approximate surface area is 175 Å². The van der Waals surface area contributed by atoms with Gasteiger partial charge in [0.25, 0.3) is 0 Å². The van der Waals surface area contributed by atoms with E-state index in [1.165, 1.54) is 6.92 Å². The predicted octanol–water partition coefficient (Wildman–Crippen LogP) is 5.31. The summed E-state index contributed by atoms with van der Waals surface area (Å²) < 4.78 is -0.573. The third kappa shape index (κ3) is 4.13. The van der Waals surface area contributed by atoms with Gasteiger partial charge in [-0.15, -0.1) is 11.8 Å². The number of likely N-dealkylation sites (tertiary alicyclic amines) is 1. The van der Waals surface area contributed by atoms with E-state index < -0.39 is 22.3 Å². The molecule has 1 aliphatic rings. The number of hydrogen-bond donors (Lipinski definition) is 2. The largest absolute Gasteiger partial charge is 0.480 e. The lowest BCUT2D eigenvalue weighted by Crippen LogP contribution is -2.50. The summed E-state index contributed by atoms with van der Waals surface area (Å²) in [5.74, 6) is -0.237. The minimum atomic E-state index is -1.44. The van der Waals surface area contributed by atoms with Crippen LogP contribution in [0.5, 0.6) is 0 Å². The van der Waals surface area contributed by atoms with Crippen molar-refractivity contribution < 1.29 is 19.8 Å². The number of aliphatic carboxylic acids is 1. The van der Waals surface area contributed by atoms with Gasteiger partial charge in [0.15, 0.2) is 0 Å². The molecule has 1 amide bonds. The summed E-state index contributed by atoms with van der Waals surface area (Å²) in [6, 6.07) is 18.2. The van der Waals surface area contributed by atoms with Crippen LogP contribution < -0.4 is 0 Å². The van der Waals surface area contributed by atoms with E-state index in [1.54, 1.807) is 11.8 Å². The third-order valence-corrected chi connectivity index (χ3v) is 7.28. The van der Waals surface area contributed by atoms with Crippen molar-refractivity contribution in [2.75, 3.05) is 12.3 Å². The fourth-order valence-electron chi connectivity index (χ4n) is 3.99. The highest BCUT2D eigenvalue weighted by molar-refractivity contribution is 8.00. The van der Waals surface area contributed by atoms with Crippen LogP contribution in [-0.4, -0.2) is 45.0 Å². The molecule has 2 aromatic carbocycles. The second kappa shape index (κ2) is 8.49. The van der Waals surface area contributed by atoms with Crippen LogP contribution in [0.4, 0.5) is 4.79 Å². The number of carbonyl (C=O) groups is 2. The summed E-state index contributed by atoms with van der Waals surface area (Å²) in [6.07, 6.45) is 1.11. The van der Waals surface area contributed by atoms with Gasteiger partial charge in [0.1, 0.15) is 5.54 Å². The van der Waals surface area contributed by atoms with Gasteiger partial charge in [0.05, 0.1) is 4.75 Å². The molecule has 2 atom stereocenters. The molecule has 1 saturated heterocycles. The topological polar surface area (TPSA) is 77.8 Å². The summed E-state index contributed by atoms with van der Waals surface area (Å²) in [5, 5.41) is 19.5. The molecule has 1 heterocycles. The Morgan fingerprint density at radius 3 is 2.17 bits per heavy atom. The fraction of sp³-hybridized carbons (Fsp3) is 0.391. The van der Waals surface area contributed by atoms with Gasteiger partial charge in [-0.3, -0.25) is 4.90 Å². The average molecular weight is 414 g/mol. The lowest BCUT2D eigenvalue weighted by molar-refractivity contribution is -0.147. The van der Waals surface area contributed by atoms with Gasteiger partial charge in [-0.05, 0) is 35.8 Å². The van der Waals surface area contributed by atoms with Crippen LogP contribution in [0.25, 0.3) is 11.1 Å². The van der Waals surface area contributed by atoms with E-state index in [0.29, 0.717) is 0 Å². The number of unbranched alkanes of at least 4 members (excludes halogenated alkanes) is 1. The van der Waals surface area contributed by atoms with E-state index >= 15 is 0 Å². The molecular weight excluding hydrogens is 386 g/mol. The van der Waals surface area contributed by atoms with Crippen molar-refractivity contribution in [1.82, 2.24) is 4.90 Å². The highest BCUT2D eigenvalue weighted by Gasteiger charge is 2.58. The van der Waals surface area contributed by atoms with Crippen molar-refractivity contribution in [2.24, 2.45) is 0 Å². The zero-order valence-corrected chi connectivity index (χ0v) is 17.6. The number of carboxylic acid groups (broad SMARTS) is 2. The number of rotatable bonds is 7. The number of carboxylic acids is 1. The standard InChI is InChI=1S/C23H27NO4S/c1-3-4-14-29-23(15-22(2,20(25)26)24(16-23)21(27)28)19-12-10-18(11-13-19)17-8-6-5-7-9-17/h5-13H,3-4,14-16H2,1-2H3,(H,25,26)(H,27,28). The summed E-state index contributed by atoms with van der Waals surface area (Å²) in [4.78, 5) is 25.0. The first-order chi connectivity index (χ1) is 13.8. The molecule has 2 aromatic rings. The SMILES string of the molecule is CCCCSC1(c2ccc(-c3ccccc3)cc2)CN(C(=O)O)C(C)(C(=O)O)C1. The van der Waals surface area contributed by atoms with E-state index in [1.807, 2.05) is 54.6 Å². The van der Waals surface area contributed by atoms with Gasteiger partial charge in [-0.25, -0.2) is 9.59 Å². The monoisotopic (exact) mass is 413 g/mol. The minimum Gasteiger partial charge on any atom is -0.480 e. The van der Waals surface area contributed by atoms with Crippen molar-refractivity contribution in [3.63, 3.8) is 0 Å². The molecule has 6 heteroatoms. The first-order valence-corrected chi connectivity index (χ1v) is 10.8. The maximum Gasteiger partial charge on any atom is 0.408 e. The van der Waals surface area contributed by atoms with E-state index in [0.717, 1.165) is 40.2 Å². The molecule has 0 bridgehead atoms. The van der Waals surface area contributed by atoms with Gasteiger partial charge in [-0.1, -0.05) is 67.9 Å². The zero-order valence-electron chi connectivity index (χ0n) is 16.8. The number of nitrogens with zero attached hydrogens (tertiary/aromatic N) is 1. The molecular formula is C23H27NO4S. The van der Waals surface area contributed by atoms with Crippen LogP contribution in [0, 0.1) is 0 Å². The Morgan fingerprint density at radius 2 is 1.66 bits per heavy atom. The predicted molar refractivity (Wildman–Crippen MR) is 116 cm³/mol. The molecule has 0 spiro atoms. The summed E-state index contributed by atoms with van der Waals surface area (Å²) in [6.45, 7) is 3.80. The molecule has 29 heavy (non-hydrogen) atoms. The third-order valence-electron chi connectivity index (χ3n) is 5.73. The molecule has 2 unspecified atom stereocenters. The van der Waals surface area contributed by atoms with Crippen molar-refractivity contribution >= 4 is 23.8 Å². The molecule has 1 aliphatic heterocycles. The van der Waals surface area contributed by atoms with Crippen molar-refractivity contribution in [1.29, 1.82) is 0 Å². The second-order valence-electron chi connectivity index (χ2n) is 7.76. The number of hydrogen-bond acceptors (Lipinski definition) is 3. The van der Waals surface area contributed by atoms with E-state index in [2.05, 4.69) is 6.92 Å². The molecule has 154 valence electrons. The van der Waals surface area contributed by atoms with Gasteiger partial charge in [-0.2, -0.15) is 0 Å². The average Bonchev–Trinajstić information content (AvgIpc) is 3.04. The number of benzene rings is 2. The maximum absolute atomic E-state index is 12.0. The Morgan fingerprint density at radius 1 is 1.03 bits per heavy atom. The molecule has 0 radical (unpaired) electrons. The van der Waals surface area contributed by atoms with Crippen LogP contribution in [0.2, 0.25) is 0 Å². The van der Waals surface area contributed by atoms with Gasteiger partial charge >= 0.3 is 12.1 Å². The van der Waals surface area contributed by atoms with Crippen molar-refractivity contribution in [2.45, 2.75) is 43.4 Å². The fourth-order valence-corrected chi connectivity index (χ4v) is 5.72. The molecule has 2 N–H and O–H groups in total. The van der Waals surface area contributed by atoms with Crippen molar-refractivity contribution in [3.8, 4) is 11.1 Å². The molecule has 0 aliphatic carbocycles. The second-order valence-corrected chi connectivity index (χ2v) is 9.24. The van der Waals surface area contributed by atoms with Gasteiger partial charge in [0.2, 0.25) is 0 Å². The highest BCUT2D eigenvalue weighted by atomic mass is 32.2. The zero-order chi connectivity index (χ0) is 21.1. The molecule has 5 nitrogen and oxygen atoms in total. The minimum absolute atomic E-state index is 0.171. The Bertz CT molecular complexity index is 870. The number of amides is 1. The lowest BCUT2D eigenvalue weighted by Gasteiger charge is -2.29. The van der Waals surface area contributed by atoms with Gasteiger partial charge < -0.3 is 10.2 Å². The van der Waals surface area contributed by atoms with E-state index in [9.17, 15) is 19.8 Å². The smallest absolute Gasteiger partial charge is 0.408 e. The Hall–Kier alpha value is -2.47. The van der Waals surface area contributed by atoms with Gasteiger partial charge in [0, 0.05) is 13.0 Å². The first kappa shape index (κ1) is 21.2. The summed E-state index contributed by atoms with van der Waals surface area (Å²) in [5.41, 5.74) is 1.73. The molecule has 3 rings (SSSR count). The number of thioether (sulfide) groups is 1. The quantitative estimate of drug-likeness (QED) is 0.602. The normalized spacial score (nSPS) is 23.9. The van der Waals surface area contributed by atoms with Crippen LogP contribution >= 0.6 is 11.8 Å². The van der Waals surface area contributed by atoms with Crippen LogP contribution in [0.3, 0.4) is 0 Å². The highest BCUT2D eigenvalue weighted by Crippen LogP contribution is 2.51. The maximum atomic E-state index is 12.0. The first-order valence-electron chi connectivity index (χ1n) is 9.86.